The van der Waals surface area contributed by atoms with Crippen molar-refractivity contribution >= 4 is 5.65 Å². The maximum Gasteiger partial charge on any atom is 0.295 e. The van der Waals surface area contributed by atoms with Gasteiger partial charge in [-0.2, -0.15) is 0 Å². The van der Waals surface area contributed by atoms with E-state index in [9.17, 15) is 9.90 Å². The van der Waals surface area contributed by atoms with Gasteiger partial charge >= 0.3 is 0 Å². The molecule has 1 aliphatic rings. The van der Waals surface area contributed by atoms with Gasteiger partial charge in [0.25, 0.3) is 5.56 Å². The van der Waals surface area contributed by atoms with Gasteiger partial charge < -0.3 is 9.67 Å². The lowest BCUT2D eigenvalue weighted by molar-refractivity contribution is 0.0309. The number of nitrogens with zero attached hydrogens (tertiary/aromatic N) is 5. The van der Waals surface area contributed by atoms with Crippen LogP contribution in [0.4, 0.5) is 0 Å². The molecule has 1 fully saturated rings. The molecule has 1 saturated heterocycles. The van der Waals surface area contributed by atoms with Crippen molar-refractivity contribution in [2.75, 3.05) is 13.1 Å². The minimum Gasteiger partial charge on any atom is -0.393 e. The number of piperidine rings is 1. The third-order valence-corrected chi connectivity index (χ3v) is 4.03. The summed E-state index contributed by atoms with van der Waals surface area (Å²) in [5.74, 6) is 1.03. The molecule has 2 unspecified atom stereocenters. The van der Waals surface area contributed by atoms with Gasteiger partial charge in [0.2, 0.25) is 5.65 Å². The molecule has 2 aromatic heterocycles. The highest BCUT2D eigenvalue weighted by molar-refractivity contribution is 5.34. The fraction of sp³-hybridized carbons (Fsp3) is 0.615. The zero-order valence-corrected chi connectivity index (χ0v) is 11.7. The summed E-state index contributed by atoms with van der Waals surface area (Å²) < 4.78 is 3.24. The van der Waals surface area contributed by atoms with Gasteiger partial charge in [0.1, 0.15) is 0 Å². The van der Waals surface area contributed by atoms with E-state index >= 15 is 0 Å². The molecule has 0 saturated carbocycles. The van der Waals surface area contributed by atoms with Crippen LogP contribution in [-0.2, 0) is 13.6 Å². The molecular formula is C13H19N5O2. The van der Waals surface area contributed by atoms with Crippen molar-refractivity contribution in [2.24, 2.45) is 13.0 Å². The van der Waals surface area contributed by atoms with E-state index in [1.807, 2.05) is 6.20 Å². The number of aromatic nitrogens is 4. The van der Waals surface area contributed by atoms with E-state index in [2.05, 4.69) is 22.0 Å². The molecule has 2 atom stereocenters. The number of aliphatic hydroxyl groups is 1. The van der Waals surface area contributed by atoms with Gasteiger partial charge in [0.05, 0.1) is 12.6 Å². The Labute approximate surface area is 116 Å². The summed E-state index contributed by atoms with van der Waals surface area (Å²) in [5.41, 5.74) is 0.212. The second kappa shape index (κ2) is 4.99. The first-order valence-corrected chi connectivity index (χ1v) is 6.86. The Bertz CT molecular complexity index is 677. The van der Waals surface area contributed by atoms with E-state index in [1.165, 1.54) is 4.57 Å². The summed E-state index contributed by atoms with van der Waals surface area (Å²) in [6.45, 7) is 4.37. The second-order valence-electron chi connectivity index (χ2n) is 5.59. The van der Waals surface area contributed by atoms with Gasteiger partial charge in [-0.25, -0.2) is 0 Å². The highest BCUT2D eigenvalue weighted by Crippen LogP contribution is 2.18. The molecule has 2 aromatic rings. The number of rotatable bonds is 2. The van der Waals surface area contributed by atoms with Crippen molar-refractivity contribution in [1.29, 1.82) is 0 Å². The standard InChI is InChI=1S/C13H19N5O2/c1-9-7-17(4-3-10(9)19)8-11-14-15-12-13(20)16(2)5-6-18(11)12/h5-6,9-10,19H,3-4,7-8H2,1-2H3. The Morgan fingerprint density at radius 3 is 2.95 bits per heavy atom. The van der Waals surface area contributed by atoms with Crippen LogP contribution in [0.5, 0.6) is 0 Å². The number of hydrogen-bond donors (Lipinski definition) is 1. The topological polar surface area (TPSA) is 75.7 Å². The van der Waals surface area contributed by atoms with E-state index in [-0.39, 0.29) is 17.6 Å². The van der Waals surface area contributed by atoms with E-state index in [1.54, 1.807) is 17.6 Å². The fourth-order valence-corrected chi connectivity index (χ4v) is 2.69. The quantitative estimate of drug-likeness (QED) is 0.810. The lowest BCUT2D eigenvalue weighted by Gasteiger charge is -2.33. The van der Waals surface area contributed by atoms with Gasteiger partial charge in [-0.3, -0.25) is 14.1 Å². The largest absolute Gasteiger partial charge is 0.393 e. The Balaban J connectivity index is 1.85. The smallest absolute Gasteiger partial charge is 0.295 e. The van der Waals surface area contributed by atoms with E-state index in [0.29, 0.717) is 12.2 Å². The Morgan fingerprint density at radius 2 is 2.20 bits per heavy atom. The SMILES string of the molecule is CC1CN(Cc2nnc3c(=O)n(C)ccn23)CCC1O. The summed E-state index contributed by atoms with van der Waals surface area (Å²) in [6, 6.07) is 0. The Hall–Kier alpha value is -1.73. The maximum absolute atomic E-state index is 11.9. The van der Waals surface area contributed by atoms with Crippen molar-refractivity contribution < 1.29 is 5.11 Å². The molecule has 0 spiro atoms. The molecule has 1 aliphatic heterocycles. The maximum atomic E-state index is 11.9. The lowest BCUT2D eigenvalue weighted by Crippen LogP contribution is -2.41. The first kappa shape index (κ1) is 13.3. The van der Waals surface area contributed by atoms with Crippen molar-refractivity contribution in [3.05, 3.63) is 28.6 Å². The molecule has 108 valence electrons. The number of likely N-dealkylation sites (tertiary alicyclic amines) is 1. The van der Waals surface area contributed by atoms with Crippen molar-refractivity contribution in [3.8, 4) is 0 Å². The predicted molar refractivity (Wildman–Crippen MR) is 73.3 cm³/mol. The Kier molecular flexibility index (Phi) is 3.31. The lowest BCUT2D eigenvalue weighted by atomic mass is 9.97. The molecule has 0 aromatic carbocycles. The van der Waals surface area contributed by atoms with Crippen molar-refractivity contribution in [1.82, 2.24) is 24.1 Å². The number of fused-ring (bicyclic) bond motifs is 1. The van der Waals surface area contributed by atoms with Crippen molar-refractivity contribution in [3.63, 3.8) is 0 Å². The van der Waals surface area contributed by atoms with Crippen LogP contribution in [0.25, 0.3) is 5.65 Å². The van der Waals surface area contributed by atoms with Gasteiger partial charge in [0, 0.05) is 32.5 Å². The first-order valence-electron chi connectivity index (χ1n) is 6.86. The molecule has 1 N–H and O–H groups in total. The summed E-state index contributed by atoms with van der Waals surface area (Å²) in [6.07, 6.45) is 4.09. The minimum atomic E-state index is -0.214. The molecular weight excluding hydrogens is 258 g/mol. The van der Waals surface area contributed by atoms with Crippen LogP contribution in [0.3, 0.4) is 0 Å². The molecule has 0 bridgehead atoms. The highest BCUT2D eigenvalue weighted by Gasteiger charge is 2.25. The average Bonchev–Trinajstić information content (AvgIpc) is 2.82. The van der Waals surface area contributed by atoms with Crippen LogP contribution in [-0.4, -0.2) is 48.4 Å². The van der Waals surface area contributed by atoms with Crippen molar-refractivity contribution in [2.45, 2.75) is 26.0 Å². The minimum absolute atomic E-state index is 0.145. The third kappa shape index (κ3) is 2.23. The molecule has 0 radical (unpaired) electrons. The van der Waals surface area contributed by atoms with Crippen LogP contribution in [0.15, 0.2) is 17.2 Å². The zero-order chi connectivity index (χ0) is 14.3. The van der Waals surface area contributed by atoms with Gasteiger partial charge in [-0.1, -0.05) is 6.92 Å². The normalized spacial score (nSPS) is 24.4. The number of aryl methyl sites for hydroxylation is 1. The molecule has 7 heteroatoms. The third-order valence-electron chi connectivity index (χ3n) is 4.03. The molecule has 3 rings (SSSR count). The fourth-order valence-electron chi connectivity index (χ4n) is 2.69. The second-order valence-corrected chi connectivity index (χ2v) is 5.59. The molecule has 7 nitrogen and oxygen atoms in total. The zero-order valence-electron chi connectivity index (χ0n) is 11.7. The summed E-state index contributed by atoms with van der Waals surface area (Å²) in [4.78, 5) is 14.2. The monoisotopic (exact) mass is 277 g/mol. The van der Waals surface area contributed by atoms with Gasteiger partial charge in [-0.05, 0) is 12.3 Å². The van der Waals surface area contributed by atoms with Crippen LogP contribution < -0.4 is 5.56 Å². The molecule has 20 heavy (non-hydrogen) atoms. The van der Waals surface area contributed by atoms with E-state index in [4.69, 9.17) is 0 Å². The van der Waals surface area contributed by atoms with E-state index in [0.717, 1.165) is 25.3 Å². The highest BCUT2D eigenvalue weighted by atomic mass is 16.3. The van der Waals surface area contributed by atoms with Crippen LogP contribution in [0, 0.1) is 5.92 Å². The average molecular weight is 277 g/mol. The van der Waals surface area contributed by atoms with Gasteiger partial charge in [-0.15, -0.1) is 10.2 Å². The number of aliphatic hydroxyl groups excluding tert-OH is 1. The Morgan fingerprint density at radius 1 is 1.40 bits per heavy atom. The van der Waals surface area contributed by atoms with Gasteiger partial charge in [0.15, 0.2) is 5.82 Å². The molecule has 0 amide bonds. The summed E-state index contributed by atoms with van der Waals surface area (Å²) in [7, 11) is 1.70. The number of hydrogen-bond acceptors (Lipinski definition) is 5. The summed E-state index contributed by atoms with van der Waals surface area (Å²) in [5, 5.41) is 17.9. The van der Waals surface area contributed by atoms with Crippen LogP contribution in [0.2, 0.25) is 0 Å². The molecule has 0 aliphatic carbocycles. The van der Waals surface area contributed by atoms with Crippen LogP contribution >= 0.6 is 0 Å². The molecule has 3 heterocycles. The predicted octanol–water partition coefficient (Wildman–Crippen LogP) is -0.369. The van der Waals surface area contributed by atoms with E-state index < -0.39 is 0 Å². The summed E-state index contributed by atoms with van der Waals surface area (Å²) >= 11 is 0. The van der Waals surface area contributed by atoms with Crippen LogP contribution in [0.1, 0.15) is 19.2 Å². The first-order chi connectivity index (χ1) is 9.56.